The van der Waals surface area contributed by atoms with Crippen LogP contribution in [0.15, 0.2) is 36.4 Å². The molecule has 3 amide bonds. The van der Waals surface area contributed by atoms with Gasteiger partial charge in [0.05, 0.1) is 21.3 Å². The van der Waals surface area contributed by atoms with Gasteiger partial charge in [0.25, 0.3) is 5.91 Å². The summed E-state index contributed by atoms with van der Waals surface area (Å²) < 4.78 is 0. The molecule has 3 N–H and O–H groups in total. The zero-order chi connectivity index (χ0) is 23.3. The number of hydrogen-bond acceptors (Lipinski definition) is 3. The van der Waals surface area contributed by atoms with E-state index in [1.807, 2.05) is 6.07 Å². The van der Waals surface area contributed by atoms with Crippen LogP contribution in [0.2, 0.25) is 10.0 Å². The zero-order valence-electron chi connectivity index (χ0n) is 18.7. The SMILES string of the molecule is CC(C)CNC(=O)c1cc(NC(=O)Nc2c(Cl)cccc2Cl)ccc1N1CCC(C)CC1. The lowest BCUT2D eigenvalue weighted by molar-refractivity contribution is 0.0949. The van der Waals surface area contributed by atoms with Gasteiger partial charge in [-0.15, -0.1) is 0 Å². The van der Waals surface area contributed by atoms with Crippen molar-refractivity contribution in [2.45, 2.75) is 33.6 Å². The number of carbonyl (C=O) groups is 2. The molecule has 0 spiro atoms. The predicted molar refractivity (Wildman–Crippen MR) is 133 cm³/mol. The third-order valence-corrected chi connectivity index (χ3v) is 6.13. The summed E-state index contributed by atoms with van der Waals surface area (Å²) in [5, 5.41) is 9.13. The van der Waals surface area contributed by atoms with E-state index in [-0.39, 0.29) is 5.91 Å². The third kappa shape index (κ3) is 6.30. The summed E-state index contributed by atoms with van der Waals surface area (Å²) in [7, 11) is 0. The van der Waals surface area contributed by atoms with E-state index in [4.69, 9.17) is 23.2 Å². The highest BCUT2D eigenvalue weighted by molar-refractivity contribution is 6.39. The van der Waals surface area contributed by atoms with Crippen LogP contribution in [-0.2, 0) is 0 Å². The fourth-order valence-corrected chi connectivity index (χ4v) is 4.10. The molecule has 0 radical (unpaired) electrons. The fourth-order valence-electron chi connectivity index (χ4n) is 3.61. The molecule has 3 rings (SSSR count). The average Bonchev–Trinajstić information content (AvgIpc) is 2.75. The second-order valence-corrected chi connectivity index (χ2v) is 9.50. The van der Waals surface area contributed by atoms with Crippen molar-refractivity contribution in [2.24, 2.45) is 11.8 Å². The highest BCUT2D eigenvalue weighted by Gasteiger charge is 2.22. The van der Waals surface area contributed by atoms with Crippen LogP contribution in [0.25, 0.3) is 0 Å². The summed E-state index contributed by atoms with van der Waals surface area (Å²) >= 11 is 12.3. The number of anilines is 3. The molecule has 1 aliphatic heterocycles. The van der Waals surface area contributed by atoms with Crippen molar-refractivity contribution in [3.63, 3.8) is 0 Å². The molecular weight excluding hydrogens is 447 g/mol. The first-order valence-corrected chi connectivity index (χ1v) is 11.7. The van der Waals surface area contributed by atoms with E-state index in [1.165, 1.54) is 0 Å². The Hall–Kier alpha value is -2.44. The number of halogens is 2. The summed E-state index contributed by atoms with van der Waals surface area (Å²) in [6, 6.07) is 9.93. The van der Waals surface area contributed by atoms with Crippen LogP contribution >= 0.6 is 23.2 Å². The Labute approximate surface area is 199 Å². The van der Waals surface area contributed by atoms with Crippen LogP contribution in [0.3, 0.4) is 0 Å². The van der Waals surface area contributed by atoms with E-state index in [2.05, 4.69) is 41.6 Å². The molecule has 32 heavy (non-hydrogen) atoms. The molecule has 0 bridgehead atoms. The summed E-state index contributed by atoms with van der Waals surface area (Å²) in [4.78, 5) is 27.8. The largest absolute Gasteiger partial charge is 0.371 e. The number of urea groups is 1. The Kier molecular flexibility index (Phi) is 8.26. The zero-order valence-corrected chi connectivity index (χ0v) is 20.2. The topological polar surface area (TPSA) is 73.5 Å². The minimum absolute atomic E-state index is 0.148. The van der Waals surface area contributed by atoms with E-state index in [0.717, 1.165) is 31.6 Å². The number of rotatable bonds is 6. The molecule has 0 unspecified atom stereocenters. The Morgan fingerprint density at radius 3 is 2.34 bits per heavy atom. The predicted octanol–water partition coefficient (Wildman–Crippen LogP) is 6.26. The summed E-state index contributed by atoms with van der Waals surface area (Å²) in [6.45, 7) is 8.75. The first-order valence-electron chi connectivity index (χ1n) is 10.9. The highest BCUT2D eigenvalue weighted by atomic mass is 35.5. The minimum Gasteiger partial charge on any atom is -0.371 e. The normalized spacial score (nSPS) is 14.4. The molecule has 0 aliphatic carbocycles. The molecule has 172 valence electrons. The average molecular weight is 477 g/mol. The number of amides is 3. The van der Waals surface area contributed by atoms with Crippen molar-refractivity contribution >= 4 is 52.2 Å². The molecule has 1 fully saturated rings. The van der Waals surface area contributed by atoms with E-state index in [0.29, 0.717) is 45.4 Å². The van der Waals surface area contributed by atoms with Gasteiger partial charge < -0.3 is 20.9 Å². The van der Waals surface area contributed by atoms with Gasteiger partial charge in [0.15, 0.2) is 0 Å². The molecule has 8 heteroatoms. The quantitative estimate of drug-likeness (QED) is 0.460. The molecule has 1 saturated heterocycles. The Morgan fingerprint density at radius 2 is 1.72 bits per heavy atom. The van der Waals surface area contributed by atoms with Crippen molar-refractivity contribution in [1.82, 2.24) is 5.32 Å². The summed E-state index contributed by atoms with van der Waals surface area (Å²) in [5.74, 6) is 0.877. The molecule has 2 aromatic carbocycles. The molecule has 6 nitrogen and oxygen atoms in total. The van der Waals surface area contributed by atoms with Gasteiger partial charge in [0, 0.05) is 31.0 Å². The smallest absolute Gasteiger partial charge is 0.323 e. The van der Waals surface area contributed by atoms with Crippen molar-refractivity contribution in [3.8, 4) is 0 Å². The van der Waals surface area contributed by atoms with Gasteiger partial charge in [0.2, 0.25) is 0 Å². The molecule has 2 aromatic rings. The van der Waals surface area contributed by atoms with Crippen molar-refractivity contribution in [2.75, 3.05) is 35.2 Å². The second-order valence-electron chi connectivity index (χ2n) is 8.68. The molecule has 0 atom stereocenters. The van der Waals surface area contributed by atoms with Crippen molar-refractivity contribution in [3.05, 3.63) is 52.0 Å². The lowest BCUT2D eigenvalue weighted by atomic mass is 9.97. The first-order chi connectivity index (χ1) is 15.2. The number of nitrogens with zero attached hydrogens (tertiary/aromatic N) is 1. The number of carbonyl (C=O) groups excluding carboxylic acids is 2. The molecular formula is C24H30Cl2N4O2. The van der Waals surface area contributed by atoms with Crippen molar-refractivity contribution < 1.29 is 9.59 Å². The summed E-state index contributed by atoms with van der Waals surface area (Å²) in [6.07, 6.45) is 2.18. The fraction of sp³-hybridized carbons (Fsp3) is 0.417. The van der Waals surface area contributed by atoms with Crippen LogP contribution in [0.5, 0.6) is 0 Å². The van der Waals surface area contributed by atoms with Crippen molar-refractivity contribution in [1.29, 1.82) is 0 Å². The maximum Gasteiger partial charge on any atom is 0.323 e. The van der Waals surface area contributed by atoms with Gasteiger partial charge in [-0.2, -0.15) is 0 Å². The second kappa shape index (κ2) is 10.9. The third-order valence-electron chi connectivity index (χ3n) is 5.50. The van der Waals surface area contributed by atoms with Crippen LogP contribution in [0, 0.1) is 11.8 Å². The van der Waals surface area contributed by atoms with Crippen LogP contribution < -0.4 is 20.9 Å². The molecule has 0 aromatic heterocycles. The van der Waals surface area contributed by atoms with Crippen LogP contribution in [0.1, 0.15) is 44.0 Å². The van der Waals surface area contributed by atoms with Gasteiger partial charge >= 0.3 is 6.03 Å². The number of benzene rings is 2. The maximum absolute atomic E-state index is 13.0. The van der Waals surface area contributed by atoms with E-state index < -0.39 is 6.03 Å². The highest BCUT2D eigenvalue weighted by Crippen LogP contribution is 2.31. The van der Waals surface area contributed by atoms with Gasteiger partial charge in [-0.05, 0) is 55.0 Å². The summed E-state index contributed by atoms with van der Waals surface area (Å²) in [5.41, 5.74) is 2.28. The molecule has 1 heterocycles. The Morgan fingerprint density at radius 1 is 1.06 bits per heavy atom. The lowest BCUT2D eigenvalue weighted by Crippen LogP contribution is -2.35. The number of hydrogen-bond donors (Lipinski definition) is 3. The number of nitrogens with one attached hydrogen (secondary N) is 3. The van der Waals surface area contributed by atoms with E-state index in [1.54, 1.807) is 30.3 Å². The molecule has 1 aliphatic rings. The number of para-hydroxylation sites is 1. The first kappa shape index (κ1) is 24.2. The van der Waals surface area contributed by atoms with Gasteiger partial charge in [0.1, 0.15) is 0 Å². The standard InChI is InChI=1S/C24H30Cl2N4O2/c1-15(2)14-27-23(31)18-13-17(7-8-21(18)30-11-9-16(3)10-12-30)28-24(32)29-22-19(25)5-4-6-20(22)26/h4-8,13,15-16H,9-12,14H2,1-3H3,(H,27,31)(H2,28,29,32). The monoisotopic (exact) mass is 476 g/mol. The molecule has 0 saturated carbocycles. The van der Waals surface area contributed by atoms with Crippen LogP contribution in [-0.4, -0.2) is 31.6 Å². The van der Waals surface area contributed by atoms with Gasteiger partial charge in [-0.1, -0.05) is 50.0 Å². The van der Waals surface area contributed by atoms with E-state index in [9.17, 15) is 9.59 Å². The number of piperidine rings is 1. The van der Waals surface area contributed by atoms with Gasteiger partial charge in [-0.3, -0.25) is 4.79 Å². The Bertz CT molecular complexity index is 952. The maximum atomic E-state index is 13.0. The Balaban J connectivity index is 1.81. The lowest BCUT2D eigenvalue weighted by Gasteiger charge is -2.33. The minimum atomic E-state index is -0.493. The van der Waals surface area contributed by atoms with Gasteiger partial charge in [-0.25, -0.2) is 4.79 Å². The van der Waals surface area contributed by atoms with E-state index >= 15 is 0 Å². The van der Waals surface area contributed by atoms with Crippen LogP contribution in [0.4, 0.5) is 21.9 Å².